The van der Waals surface area contributed by atoms with Crippen LogP contribution in [0.25, 0.3) is 11.2 Å². The Hall–Kier alpha value is -5.99. The number of carbonyl (C=O) groups excluding carboxylic acids is 3. The van der Waals surface area contributed by atoms with Gasteiger partial charge in [-0.25, -0.2) is 38.5 Å². The smallest absolute Gasteiger partial charge is 0.432 e. The molecule has 394 valence electrons. The van der Waals surface area contributed by atoms with Crippen LogP contribution in [0, 0.1) is 23.6 Å². The van der Waals surface area contributed by atoms with E-state index in [2.05, 4.69) is 41.8 Å². The van der Waals surface area contributed by atoms with Crippen LogP contribution >= 0.6 is 31.0 Å². The number of aliphatic hydroxyl groups excluding tert-OH is 1. The Bertz CT molecular complexity index is 2690. The average Bonchev–Trinajstić information content (AvgIpc) is 3.85. The van der Waals surface area contributed by atoms with E-state index in [1.165, 1.54) is 36.5 Å². The summed E-state index contributed by atoms with van der Waals surface area (Å²) in [6.07, 6.45) is -5.32. The highest BCUT2D eigenvalue weighted by Gasteiger charge is 2.62. The lowest BCUT2D eigenvalue weighted by Gasteiger charge is -2.35. The van der Waals surface area contributed by atoms with Crippen molar-refractivity contribution >= 4 is 77.8 Å². The molecule has 1 amide bonds. The monoisotopic (exact) mass is 1080 g/mol. The third-order valence-corrected chi connectivity index (χ3v) is 12.1. The summed E-state index contributed by atoms with van der Waals surface area (Å²) >= 11 is 7.13. The molecule has 1 aliphatic carbocycles. The first-order chi connectivity index (χ1) is 33.9. The fourth-order valence-corrected chi connectivity index (χ4v) is 8.05. The Morgan fingerprint density at radius 3 is 2.28 bits per heavy atom. The number of anilines is 3. The number of ether oxygens (including phenoxy) is 7. The zero-order valence-corrected chi connectivity index (χ0v) is 41.3. The molecule has 3 aromatic heterocycles. The van der Waals surface area contributed by atoms with E-state index in [4.69, 9.17) is 65.6 Å². The van der Waals surface area contributed by atoms with Gasteiger partial charge in [-0.05, 0) is 71.6 Å². The molecule has 0 radical (unpaired) electrons. The van der Waals surface area contributed by atoms with Gasteiger partial charge >= 0.3 is 37.9 Å². The standard InChI is InChI=1S/C19H30N5O10P.C14H9ClF3NO2.C8H10FN3O3S/c1-12(2)33-18(25)28-9-31-35(27,32-10-29-19(26)34-13(3)4)11-30-14(5)6-24-8-23-15-16(20)21-7-22-17(15)24;15-9-3-4-11-10(7-9)13(14(16,17)18,21-12(20)19-11)6-5-8-1-2-8;9-4-1-12(8(14)11-7(4)10)5-3-16-6(2-13)15-5/h7-8,12-14H,6,9-11H2,1-5H3,(H2,20,21,22);3-4,7-8H,1-2H2,(H,19,20);1,5-6,13H,2-3H2,(H2,10,11,14)/t14-;13-;5-,6+/m100/s1. The molecule has 6 N–H and O–H groups in total. The predicted octanol–water partition coefficient (Wildman–Crippen LogP) is 6.65. The van der Waals surface area contributed by atoms with Gasteiger partial charge in [0.2, 0.25) is 13.6 Å². The van der Waals surface area contributed by atoms with Crippen LogP contribution in [0.5, 0.6) is 0 Å². The van der Waals surface area contributed by atoms with Crippen molar-refractivity contribution < 1.29 is 83.8 Å². The van der Waals surface area contributed by atoms with Crippen LogP contribution in [0.1, 0.15) is 59.3 Å². The number of hydrogen-bond acceptors (Lipinski definition) is 22. The number of carbonyl (C=O) groups is 3. The number of aromatic nitrogens is 6. The van der Waals surface area contributed by atoms with Gasteiger partial charge in [0, 0.05) is 22.3 Å². The largest absolute Gasteiger partial charge is 0.510 e. The summed E-state index contributed by atoms with van der Waals surface area (Å²) < 4.78 is 115. The summed E-state index contributed by atoms with van der Waals surface area (Å²) in [4.78, 5) is 61.5. The highest BCUT2D eigenvalue weighted by atomic mass is 35.5. The molecule has 24 nitrogen and oxygen atoms in total. The van der Waals surface area contributed by atoms with Crippen LogP contribution in [0.2, 0.25) is 5.02 Å². The van der Waals surface area contributed by atoms with Crippen LogP contribution < -0.4 is 22.5 Å². The average molecular weight is 1080 g/mol. The highest BCUT2D eigenvalue weighted by molar-refractivity contribution is 8.00. The zero-order valence-electron chi connectivity index (χ0n) is 38.8. The quantitative estimate of drug-likeness (QED) is 0.0242. The van der Waals surface area contributed by atoms with Gasteiger partial charge in [0.25, 0.3) is 5.60 Å². The zero-order chi connectivity index (χ0) is 53.0. The summed E-state index contributed by atoms with van der Waals surface area (Å²) in [6.45, 7) is 6.83. The van der Waals surface area contributed by atoms with E-state index in [1.54, 1.807) is 39.2 Å². The number of benzene rings is 1. The van der Waals surface area contributed by atoms with Crippen molar-refractivity contribution in [2.45, 2.75) is 95.8 Å². The Morgan fingerprint density at radius 1 is 1.04 bits per heavy atom. The van der Waals surface area contributed by atoms with E-state index in [0.29, 0.717) is 16.9 Å². The van der Waals surface area contributed by atoms with Gasteiger partial charge in [-0.2, -0.15) is 18.2 Å². The maximum absolute atomic E-state index is 13.6. The first-order valence-electron chi connectivity index (χ1n) is 21.3. The van der Waals surface area contributed by atoms with Crippen LogP contribution in [0.3, 0.4) is 0 Å². The molecule has 7 rings (SSSR count). The number of thioether (sulfide) groups is 1. The number of imidazole rings is 1. The Kier molecular flexibility index (Phi) is 19.8. The maximum Gasteiger partial charge on any atom is 0.510 e. The van der Waals surface area contributed by atoms with E-state index >= 15 is 0 Å². The van der Waals surface area contributed by atoms with Crippen LogP contribution in [-0.2, 0) is 58.9 Å². The molecular weight excluding hydrogens is 1030 g/mol. The van der Waals surface area contributed by atoms with Gasteiger partial charge in [0.1, 0.15) is 29.9 Å². The van der Waals surface area contributed by atoms with Gasteiger partial charge in [-0.1, -0.05) is 17.5 Å². The number of alkyl halides is 3. The van der Waals surface area contributed by atoms with Crippen molar-refractivity contribution in [3.8, 4) is 11.8 Å². The molecule has 4 atom stereocenters. The number of rotatable bonds is 15. The number of cyclic esters (lactones) is 1. The molecule has 2 aliphatic heterocycles. The minimum Gasteiger partial charge on any atom is -0.432 e. The molecular formula is C41H49ClF4N9O15PS. The molecule has 0 unspecified atom stereocenters. The molecule has 1 saturated carbocycles. The summed E-state index contributed by atoms with van der Waals surface area (Å²) in [5.74, 6) is 4.10. The second-order valence-electron chi connectivity index (χ2n) is 15.8. The number of fused-ring (bicyclic) bond motifs is 2. The van der Waals surface area contributed by atoms with Crippen LogP contribution in [0.4, 0.5) is 49.3 Å². The van der Waals surface area contributed by atoms with Gasteiger partial charge in [0.05, 0.1) is 49.7 Å². The second kappa shape index (κ2) is 25.1. The molecule has 4 aromatic rings. The predicted molar refractivity (Wildman–Crippen MR) is 246 cm³/mol. The molecule has 1 aromatic carbocycles. The van der Waals surface area contributed by atoms with Gasteiger partial charge < -0.3 is 54.3 Å². The Balaban J connectivity index is 0.000000219. The van der Waals surface area contributed by atoms with Crippen molar-refractivity contribution in [3.63, 3.8) is 0 Å². The summed E-state index contributed by atoms with van der Waals surface area (Å²) in [5, 5.41) is 11.2. The molecule has 5 heterocycles. The molecule has 72 heavy (non-hydrogen) atoms. The molecule has 0 bridgehead atoms. The molecule has 3 aliphatic rings. The number of aliphatic hydroxyl groups is 1. The van der Waals surface area contributed by atoms with E-state index in [1.807, 2.05) is 0 Å². The minimum absolute atomic E-state index is 0.00179. The lowest BCUT2D eigenvalue weighted by molar-refractivity contribution is -0.239. The summed E-state index contributed by atoms with van der Waals surface area (Å²) in [6, 6.07) is 3.81. The fourth-order valence-electron chi connectivity index (χ4n) is 5.86. The lowest BCUT2D eigenvalue weighted by atomic mass is 9.90. The van der Waals surface area contributed by atoms with Gasteiger partial charge in [-0.15, -0.1) is 11.8 Å². The van der Waals surface area contributed by atoms with Crippen molar-refractivity contribution in [1.82, 2.24) is 29.1 Å². The van der Waals surface area contributed by atoms with Gasteiger partial charge in [-0.3, -0.25) is 23.5 Å². The third kappa shape index (κ3) is 16.0. The van der Waals surface area contributed by atoms with E-state index in [9.17, 15) is 41.3 Å². The van der Waals surface area contributed by atoms with E-state index in [0.717, 1.165) is 29.7 Å². The summed E-state index contributed by atoms with van der Waals surface area (Å²) in [7, 11) is -4.06. The number of nitrogen functional groups attached to an aromatic ring is 2. The van der Waals surface area contributed by atoms with Crippen molar-refractivity contribution in [2.24, 2.45) is 5.92 Å². The molecule has 31 heteroatoms. The number of amides is 1. The SMILES string of the molecule is CC(C)OC(=O)OCOP(=O)(CO[C@H](C)Cn1cnc2c(N)ncnc21)OCOC(=O)OC(C)C.Nc1nc(=O)n([C@@H]2CS[C@H](CO)O2)cc1F.O=C1Nc2ccc(Cl)cc2[C@@](C#CC2CC2)(C(F)(F)F)O1. The van der Waals surface area contributed by atoms with E-state index < -0.39 is 105 Å². The van der Waals surface area contributed by atoms with Gasteiger partial charge in [0.15, 0.2) is 23.1 Å². The Morgan fingerprint density at radius 2 is 1.69 bits per heavy atom. The number of halogens is 5. The topological polar surface area (TPSA) is 314 Å². The minimum atomic E-state index is -4.87. The first kappa shape index (κ1) is 56.9. The number of nitrogens with one attached hydrogen (secondary N) is 1. The molecule has 0 spiro atoms. The van der Waals surface area contributed by atoms with Crippen molar-refractivity contribution in [1.29, 1.82) is 0 Å². The van der Waals surface area contributed by atoms with Crippen LogP contribution in [-0.4, -0.2) is 115 Å². The highest BCUT2D eigenvalue weighted by Crippen LogP contribution is 2.49. The number of nitrogens with zero attached hydrogens (tertiary/aromatic N) is 6. The number of nitrogens with two attached hydrogens (primary N) is 2. The fraction of sp³-hybridized carbons (Fsp3) is 0.512. The van der Waals surface area contributed by atoms with Crippen molar-refractivity contribution in [2.75, 3.05) is 49.1 Å². The second-order valence-corrected chi connectivity index (χ2v) is 19.4. The maximum atomic E-state index is 13.6. The normalized spacial score (nSPS) is 18.8. The first-order valence-corrected chi connectivity index (χ1v) is 24.5. The Labute approximate surface area is 416 Å². The number of hydrogen-bond donors (Lipinski definition) is 4. The lowest BCUT2D eigenvalue weighted by Crippen LogP contribution is -2.49. The van der Waals surface area contributed by atoms with Crippen molar-refractivity contribution in [3.05, 3.63) is 63.9 Å². The summed E-state index contributed by atoms with van der Waals surface area (Å²) in [5.41, 5.74) is 7.55. The van der Waals surface area contributed by atoms with E-state index in [-0.39, 0.29) is 41.2 Å². The molecule has 2 fully saturated rings. The van der Waals surface area contributed by atoms with Crippen LogP contribution in [0.15, 0.2) is 41.8 Å². The molecule has 1 saturated heterocycles. The third-order valence-electron chi connectivity index (χ3n) is 9.32.